The van der Waals surface area contributed by atoms with Gasteiger partial charge in [0.2, 0.25) is 0 Å². The van der Waals surface area contributed by atoms with Gasteiger partial charge in [0.1, 0.15) is 11.6 Å². The molecule has 2 aromatic rings. The minimum absolute atomic E-state index is 0.00596. The van der Waals surface area contributed by atoms with Crippen molar-refractivity contribution in [2.75, 3.05) is 10.5 Å². The summed E-state index contributed by atoms with van der Waals surface area (Å²) in [6.45, 7) is 2.89. The van der Waals surface area contributed by atoms with Gasteiger partial charge in [-0.1, -0.05) is 6.07 Å². The number of nitrogens with one attached hydrogen (secondary N) is 1. The molecule has 7 heteroatoms. The second-order valence-electron chi connectivity index (χ2n) is 4.70. The third kappa shape index (κ3) is 3.13. The summed E-state index contributed by atoms with van der Waals surface area (Å²) in [6, 6.07) is 6.13. The first-order valence-corrected chi connectivity index (χ1v) is 7.53. The third-order valence-corrected chi connectivity index (χ3v) is 4.54. The Bertz CT molecular complexity index is 805. The van der Waals surface area contributed by atoms with E-state index >= 15 is 0 Å². The van der Waals surface area contributed by atoms with E-state index in [1.54, 1.807) is 6.92 Å². The molecular formula is C14H14F2N2O2S. The normalized spacial score (nSPS) is 11.4. The molecule has 0 radical (unpaired) electrons. The van der Waals surface area contributed by atoms with Crippen LogP contribution in [-0.4, -0.2) is 8.42 Å². The van der Waals surface area contributed by atoms with Crippen LogP contribution in [0.1, 0.15) is 11.1 Å². The average molecular weight is 312 g/mol. The van der Waals surface area contributed by atoms with Crippen molar-refractivity contribution in [3.05, 3.63) is 53.1 Å². The predicted octanol–water partition coefficient (Wildman–Crippen LogP) is 2.96. The summed E-state index contributed by atoms with van der Waals surface area (Å²) < 4.78 is 53.8. The highest BCUT2D eigenvalue weighted by molar-refractivity contribution is 7.92. The zero-order valence-corrected chi connectivity index (χ0v) is 12.3. The number of sulfonamides is 1. The summed E-state index contributed by atoms with van der Waals surface area (Å²) in [7, 11) is -4.06. The van der Waals surface area contributed by atoms with E-state index in [1.807, 2.05) is 0 Å². The minimum Gasteiger partial charge on any atom is -0.399 e. The van der Waals surface area contributed by atoms with E-state index in [4.69, 9.17) is 5.73 Å². The number of hydrogen-bond donors (Lipinski definition) is 2. The second-order valence-corrected chi connectivity index (χ2v) is 6.35. The van der Waals surface area contributed by atoms with Crippen LogP contribution in [0, 0.1) is 25.5 Å². The Hall–Kier alpha value is -2.15. The first kappa shape index (κ1) is 15.2. The quantitative estimate of drug-likeness (QED) is 0.856. The first-order chi connectivity index (χ1) is 9.70. The van der Waals surface area contributed by atoms with E-state index in [-0.39, 0.29) is 21.8 Å². The molecule has 0 fully saturated rings. The number of nitrogen functional groups attached to an aromatic ring is 1. The highest BCUT2D eigenvalue weighted by Crippen LogP contribution is 2.24. The van der Waals surface area contributed by atoms with E-state index in [2.05, 4.69) is 4.72 Å². The molecule has 0 aliphatic heterocycles. The van der Waals surface area contributed by atoms with Gasteiger partial charge in [-0.25, -0.2) is 17.2 Å². The lowest BCUT2D eigenvalue weighted by Crippen LogP contribution is -2.15. The molecule has 0 atom stereocenters. The van der Waals surface area contributed by atoms with Crippen molar-refractivity contribution in [2.24, 2.45) is 0 Å². The number of benzene rings is 2. The summed E-state index contributed by atoms with van der Waals surface area (Å²) in [4.78, 5) is -0.277. The molecule has 112 valence electrons. The smallest absolute Gasteiger partial charge is 0.262 e. The van der Waals surface area contributed by atoms with Gasteiger partial charge in [-0.05, 0) is 43.7 Å². The largest absolute Gasteiger partial charge is 0.399 e. The number of rotatable bonds is 3. The molecule has 2 aromatic carbocycles. The van der Waals surface area contributed by atoms with Gasteiger partial charge in [0.15, 0.2) is 0 Å². The van der Waals surface area contributed by atoms with E-state index in [1.165, 1.54) is 19.1 Å². The van der Waals surface area contributed by atoms with Gasteiger partial charge in [0, 0.05) is 11.3 Å². The van der Waals surface area contributed by atoms with Gasteiger partial charge in [0.05, 0.1) is 10.6 Å². The van der Waals surface area contributed by atoms with Gasteiger partial charge in [0.25, 0.3) is 10.0 Å². The van der Waals surface area contributed by atoms with E-state index in [9.17, 15) is 17.2 Å². The minimum atomic E-state index is -4.06. The molecule has 0 aromatic heterocycles. The highest BCUT2D eigenvalue weighted by Gasteiger charge is 2.20. The molecule has 0 spiro atoms. The fourth-order valence-electron chi connectivity index (χ4n) is 1.82. The fourth-order valence-corrected chi connectivity index (χ4v) is 3.16. The molecule has 0 aliphatic rings. The van der Waals surface area contributed by atoms with Crippen LogP contribution in [0.15, 0.2) is 35.2 Å². The van der Waals surface area contributed by atoms with Crippen molar-refractivity contribution in [1.29, 1.82) is 0 Å². The van der Waals surface area contributed by atoms with Crippen molar-refractivity contribution in [2.45, 2.75) is 18.7 Å². The van der Waals surface area contributed by atoms with Gasteiger partial charge >= 0.3 is 0 Å². The van der Waals surface area contributed by atoms with Gasteiger partial charge < -0.3 is 5.73 Å². The van der Waals surface area contributed by atoms with Crippen molar-refractivity contribution in [3.63, 3.8) is 0 Å². The molecule has 4 nitrogen and oxygen atoms in total. The molecule has 0 unspecified atom stereocenters. The van der Waals surface area contributed by atoms with Crippen molar-refractivity contribution in [1.82, 2.24) is 0 Å². The molecule has 0 saturated heterocycles. The highest BCUT2D eigenvalue weighted by atomic mass is 32.2. The first-order valence-electron chi connectivity index (χ1n) is 6.05. The zero-order chi connectivity index (χ0) is 15.8. The van der Waals surface area contributed by atoms with Crippen LogP contribution < -0.4 is 10.5 Å². The molecule has 2 rings (SSSR count). The van der Waals surface area contributed by atoms with Crippen molar-refractivity contribution >= 4 is 21.4 Å². The number of nitrogens with two attached hydrogens (primary N) is 1. The SMILES string of the molecule is Cc1ccc(NS(=O)(=O)c2cc(N)cc(F)c2C)cc1F. The maximum Gasteiger partial charge on any atom is 0.262 e. The number of aryl methyl sites for hydroxylation is 1. The molecule has 21 heavy (non-hydrogen) atoms. The Labute approximate surface area is 121 Å². The van der Waals surface area contributed by atoms with Gasteiger partial charge in [-0.15, -0.1) is 0 Å². The Morgan fingerprint density at radius 3 is 2.33 bits per heavy atom. The Kier molecular flexibility index (Phi) is 3.87. The monoisotopic (exact) mass is 312 g/mol. The van der Waals surface area contributed by atoms with E-state index in [0.29, 0.717) is 5.56 Å². The van der Waals surface area contributed by atoms with Gasteiger partial charge in [-0.3, -0.25) is 4.72 Å². The van der Waals surface area contributed by atoms with Crippen LogP contribution >= 0.6 is 0 Å². The van der Waals surface area contributed by atoms with Crippen molar-refractivity contribution < 1.29 is 17.2 Å². The maximum absolute atomic E-state index is 13.6. The summed E-state index contributed by atoms with van der Waals surface area (Å²) in [5, 5.41) is 0. The predicted molar refractivity (Wildman–Crippen MR) is 77.5 cm³/mol. The molecule has 3 N–H and O–H groups in total. The Morgan fingerprint density at radius 2 is 1.71 bits per heavy atom. The zero-order valence-electron chi connectivity index (χ0n) is 11.4. The van der Waals surface area contributed by atoms with Crippen LogP contribution in [0.5, 0.6) is 0 Å². The number of hydrogen-bond acceptors (Lipinski definition) is 3. The lowest BCUT2D eigenvalue weighted by molar-refractivity contribution is 0.591. The fraction of sp³-hybridized carbons (Fsp3) is 0.143. The Morgan fingerprint density at radius 1 is 1.05 bits per heavy atom. The second kappa shape index (κ2) is 5.33. The van der Waals surface area contributed by atoms with Crippen LogP contribution in [0.2, 0.25) is 0 Å². The van der Waals surface area contributed by atoms with Crippen LogP contribution in [0.4, 0.5) is 20.2 Å². The molecule has 0 bridgehead atoms. The lowest BCUT2D eigenvalue weighted by atomic mass is 10.2. The third-order valence-electron chi connectivity index (χ3n) is 3.03. The molecular weight excluding hydrogens is 298 g/mol. The summed E-state index contributed by atoms with van der Waals surface area (Å²) >= 11 is 0. The Balaban J connectivity index is 2.45. The number of halogens is 2. The van der Waals surface area contributed by atoms with Crippen LogP contribution in [-0.2, 0) is 10.0 Å². The summed E-state index contributed by atoms with van der Waals surface area (Å²) in [6.07, 6.45) is 0. The maximum atomic E-state index is 13.6. The van der Waals surface area contributed by atoms with Crippen molar-refractivity contribution in [3.8, 4) is 0 Å². The summed E-state index contributed by atoms with van der Waals surface area (Å²) in [5.41, 5.74) is 5.86. The van der Waals surface area contributed by atoms with Gasteiger partial charge in [-0.2, -0.15) is 0 Å². The number of anilines is 2. The standard InChI is InChI=1S/C14H14F2N2O2S/c1-8-3-4-11(7-12(8)15)18-21(19,20)14-6-10(17)5-13(16)9(14)2/h3-7,18H,17H2,1-2H3. The molecule has 0 heterocycles. The molecule has 0 amide bonds. The topological polar surface area (TPSA) is 72.2 Å². The van der Waals surface area contributed by atoms with Crippen LogP contribution in [0.25, 0.3) is 0 Å². The average Bonchev–Trinajstić information content (AvgIpc) is 2.37. The molecule has 0 aliphatic carbocycles. The van der Waals surface area contributed by atoms with E-state index < -0.39 is 21.7 Å². The lowest BCUT2D eigenvalue weighted by Gasteiger charge is -2.12. The van der Waals surface area contributed by atoms with E-state index in [0.717, 1.165) is 18.2 Å². The molecule has 0 saturated carbocycles. The van der Waals surface area contributed by atoms with Crippen LogP contribution in [0.3, 0.4) is 0 Å². The summed E-state index contributed by atoms with van der Waals surface area (Å²) in [5.74, 6) is -1.25.